The molecule has 0 aliphatic rings. The second kappa shape index (κ2) is 5.58. The molecular formula is C12H11ClFNO2S2. The van der Waals surface area contributed by atoms with Gasteiger partial charge in [-0.3, -0.25) is 0 Å². The first-order valence-corrected chi connectivity index (χ1v) is 8.10. The van der Waals surface area contributed by atoms with Gasteiger partial charge >= 0.3 is 0 Å². The standard InChI is InChI=1S/C12H11ClFNO2S2/c1-15(7-9-4-5-18-8-9)19(16,17)12-3-2-10(13)6-11(12)14/h2-6,8H,7H2,1H3. The summed E-state index contributed by atoms with van der Waals surface area (Å²) in [5, 5.41) is 3.88. The summed E-state index contributed by atoms with van der Waals surface area (Å²) in [6.45, 7) is 0.202. The monoisotopic (exact) mass is 319 g/mol. The van der Waals surface area contributed by atoms with Crippen LogP contribution in [0.25, 0.3) is 0 Å². The fraction of sp³-hybridized carbons (Fsp3) is 0.167. The molecule has 2 aromatic rings. The predicted molar refractivity (Wildman–Crippen MR) is 74.4 cm³/mol. The first-order valence-electron chi connectivity index (χ1n) is 5.34. The molecule has 0 N–H and O–H groups in total. The van der Waals surface area contributed by atoms with E-state index in [1.807, 2.05) is 16.8 Å². The Bertz CT molecular complexity index is 671. The van der Waals surface area contributed by atoms with E-state index < -0.39 is 15.8 Å². The second-order valence-electron chi connectivity index (χ2n) is 3.97. The lowest BCUT2D eigenvalue weighted by Gasteiger charge is -2.17. The van der Waals surface area contributed by atoms with Crippen LogP contribution in [0.5, 0.6) is 0 Å². The van der Waals surface area contributed by atoms with Crippen molar-refractivity contribution in [3.8, 4) is 0 Å². The second-order valence-corrected chi connectivity index (χ2v) is 7.20. The maximum atomic E-state index is 13.7. The van der Waals surface area contributed by atoms with Crippen molar-refractivity contribution in [1.29, 1.82) is 0 Å². The van der Waals surface area contributed by atoms with Crippen LogP contribution in [0.15, 0.2) is 39.9 Å². The van der Waals surface area contributed by atoms with Crippen molar-refractivity contribution in [3.05, 3.63) is 51.4 Å². The van der Waals surface area contributed by atoms with Gasteiger partial charge in [0, 0.05) is 18.6 Å². The molecule has 0 amide bonds. The number of hydrogen-bond acceptors (Lipinski definition) is 3. The molecule has 19 heavy (non-hydrogen) atoms. The highest BCUT2D eigenvalue weighted by Gasteiger charge is 2.24. The highest BCUT2D eigenvalue weighted by atomic mass is 35.5. The van der Waals surface area contributed by atoms with Crippen molar-refractivity contribution in [2.24, 2.45) is 0 Å². The third-order valence-corrected chi connectivity index (χ3v) is 5.37. The molecule has 0 spiro atoms. The van der Waals surface area contributed by atoms with E-state index in [1.54, 1.807) is 0 Å². The molecule has 2 rings (SSSR count). The zero-order chi connectivity index (χ0) is 14.0. The average molecular weight is 320 g/mol. The molecule has 0 unspecified atom stereocenters. The summed E-state index contributed by atoms with van der Waals surface area (Å²) in [5.41, 5.74) is 0.866. The van der Waals surface area contributed by atoms with Crippen LogP contribution in [0.1, 0.15) is 5.56 Å². The van der Waals surface area contributed by atoms with Gasteiger partial charge in [0.25, 0.3) is 0 Å². The number of nitrogens with zero attached hydrogens (tertiary/aromatic N) is 1. The van der Waals surface area contributed by atoms with Crippen molar-refractivity contribution in [1.82, 2.24) is 4.31 Å². The Kier molecular flexibility index (Phi) is 4.25. The van der Waals surface area contributed by atoms with Crippen molar-refractivity contribution in [2.45, 2.75) is 11.4 Å². The summed E-state index contributed by atoms with van der Waals surface area (Å²) in [4.78, 5) is -0.366. The molecule has 0 fully saturated rings. The van der Waals surface area contributed by atoms with Crippen LogP contribution in [0.4, 0.5) is 4.39 Å². The van der Waals surface area contributed by atoms with Gasteiger partial charge in [0.2, 0.25) is 10.0 Å². The minimum absolute atomic E-state index is 0.164. The zero-order valence-corrected chi connectivity index (χ0v) is 12.4. The topological polar surface area (TPSA) is 37.4 Å². The van der Waals surface area contributed by atoms with Crippen LogP contribution in [-0.2, 0) is 16.6 Å². The van der Waals surface area contributed by atoms with Gasteiger partial charge in [-0.2, -0.15) is 15.6 Å². The van der Waals surface area contributed by atoms with E-state index in [0.29, 0.717) is 0 Å². The maximum Gasteiger partial charge on any atom is 0.246 e. The van der Waals surface area contributed by atoms with E-state index in [2.05, 4.69) is 0 Å². The van der Waals surface area contributed by atoms with Gasteiger partial charge in [-0.15, -0.1) is 0 Å². The lowest BCUT2D eigenvalue weighted by Crippen LogP contribution is -2.27. The van der Waals surface area contributed by atoms with Crippen LogP contribution < -0.4 is 0 Å². The van der Waals surface area contributed by atoms with Crippen molar-refractivity contribution in [3.63, 3.8) is 0 Å². The SMILES string of the molecule is CN(Cc1ccsc1)S(=O)(=O)c1ccc(Cl)cc1F. The van der Waals surface area contributed by atoms with Crippen LogP contribution in [0.3, 0.4) is 0 Å². The molecule has 0 radical (unpaired) electrons. The molecule has 0 atom stereocenters. The molecule has 0 saturated heterocycles. The average Bonchev–Trinajstić information content (AvgIpc) is 2.81. The lowest BCUT2D eigenvalue weighted by molar-refractivity contribution is 0.460. The zero-order valence-electron chi connectivity index (χ0n) is 10.0. The minimum Gasteiger partial charge on any atom is -0.207 e. The van der Waals surface area contributed by atoms with Gasteiger partial charge in [-0.05, 0) is 40.6 Å². The number of benzene rings is 1. The first-order chi connectivity index (χ1) is 8.91. The van der Waals surface area contributed by atoms with Crippen molar-refractivity contribution >= 4 is 33.0 Å². The fourth-order valence-corrected chi connectivity index (χ4v) is 3.60. The van der Waals surface area contributed by atoms with Gasteiger partial charge in [-0.1, -0.05) is 11.6 Å². The normalized spacial score (nSPS) is 12.0. The summed E-state index contributed by atoms with van der Waals surface area (Å²) < 4.78 is 39.3. The van der Waals surface area contributed by atoms with Crippen LogP contribution in [0, 0.1) is 5.82 Å². The molecule has 0 aliphatic carbocycles. The molecule has 102 valence electrons. The number of halogens is 2. The van der Waals surface area contributed by atoms with Gasteiger partial charge in [0.1, 0.15) is 10.7 Å². The summed E-state index contributed by atoms with van der Waals surface area (Å²) in [6.07, 6.45) is 0. The molecule has 1 heterocycles. The predicted octanol–water partition coefficient (Wildman–Crippen LogP) is 3.36. The Morgan fingerprint density at radius 1 is 1.37 bits per heavy atom. The van der Waals surface area contributed by atoms with E-state index in [9.17, 15) is 12.8 Å². The third-order valence-electron chi connectivity index (χ3n) is 2.57. The quantitative estimate of drug-likeness (QED) is 0.866. The lowest BCUT2D eigenvalue weighted by atomic mass is 10.3. The fourth-order valence-electron chi connectivity index (χ4n) is 1.58. The largest absolute Gasteiger partial charge is 0.246 e. The molecule has 1 aromatic heterocycles. The van der Waals surface area contributed by atoms with E-state index in [4.69, 9.17) is 11.6 Å². The molecule has 3 nitrogen and oxygen atoms in total. The van der Waals surface area contributed by atoms with E-state index >= 15 is 0 Å². The maximum absolute atomic E-state index is 13.7. The van der Waals surface area contributed by atoms with Crippen LogP contribution in [-0.4, -0.2) is 19.8 Å². The van der Waals surface area contributed by atoms with Crippen LogP contribution >= 0.6 is 22.9 Å². The Labute approximate surface area is 120 Å². The highest BCUT2D eigenvalue weighted by molar-refractivity contribution is 7.89. The molecular weight excluding hydrogens is 309 g/mol. The Morgan fingerprint density at radius 2 is 2.11 bits per heavy atom. The molecule has 0 aliphatic heterocycles. The minimum atomic E-state index is -3.86. The van der Waals surface area contributed by atoms with Gasteiger partial charge in [-0.25, -0.2) is 12.8 Å². The van der Waals surface area contributed by atoms with Gasteiger partial charge in [0.15, 0.2) is 0 Å². The van der Waals surface area contributed by atoms with Crippen molar-refractivity contribution < 1.29 is 12.8 Å². The summed E-state index contributed by atoms with van der Waals surface area (Å²) in [6, 6.07) is 5.36. The summed E-state index contributed by atoms with van der Waals surface area (Å²) in [7, 11) is -2.44. The molecule has 0 saturated carbocycles. The van der Waals surface area contributed by atoms with Crippen molar-refractivity contribution in [2.75, 3.05) is 7.05 Å². The molecule has 1 aromatic carbocycles. The number of rotatable bonds is 4. The van der Waals surface area contributed by atoms with E-state index in [-0.39, 0.29) is 16.5 Å². The Balaban J connectivity index is 2.31. The Morgan fingerprint density at radius 3 is 2.68 bits per heavy atom. The third kappa shape index (κ3) is 3.14. The van der Waals surface area contributed by atoms with E-state index in [0.717, 1.165) is 15.9 Å². The smallest absolute Gasteiger partial charge is 0.207 e. The van der Waals surface area contributed by atoms with E-state index in [1.165, 1.54) is 30.5 Å². The van der Waals surface area contributed by atoms with Gasteiger partial charge in [0.05, 0.1) is 0 Å². The van der Waals surface area contributed by atoms with Gasteiger partial charge < -0.3 is 0 Å². The number of hydrogen-bond donors (Lipinski definition) is 0. The summed E-state index contributed by atoms with van der Waals surface area (Å²) in [5.74, 6) is -0.843. The highest BCUT2D eigenvalue weighted by Crippen LogP contribution is 2.23. The molecule has 7 heteroatoms. The number of sulfonamides is 1. The van der Waals surface area contributed by atoms with Crippen LogP contribution in [0.2, 0.25) is 5.02 Å². The Hall–Kier alpha value is -0.950. The molecule has 0 bridgehead atoms. The summed E-state index contributed by atoms with van der Waals surface area (Å²) >= 11 is 7.09. The first kappa shape index (κ1) is 14.5. The number of thiophene rings is 1.